The maximum Gasteiger partial charge on any atom is 0.171 e. The number of benzene rings is 2. The minimum atomic E-state index is -0.158. The van der Waals surface area contributed by atoms with Crippen molar-refractivity contribution in [2.75, 3.05) is 26.1 Å². The van der Waals surface area contributed by atoms with Crippen LogP contribution in [0.2, 0.25) is 0 Å². The fourth-order valence-corrected chi connectivity index (χ4v) is 4.08. The molecule has 150 valence electrons. The third-order valence-corrected chi connectivity index (χ3v) is 5.39. The molecule has 2 aromatic rings. The fraction of sp³-hybridized carbons (Fsp3) is 0.409. The van der Waals surface area contributed by atoms with Crippen LogP contribution in [-0.4, -0.2) is 25.9 Å². The second-order valence-electron chi connectivity index (χ2n) is 6.89. The van der Waals surface area contributed by atoms with Gasteiger partial charge in [-0.2, -0.15) is 0 Å². The van der Waals surface area contributed by atoms with Crippen LogP contribution in [0.3, 0.4) is 0 Å². The SMILES string of the molecule is CCOc1ccc(C2(NC(=S)Nc3ccc(OC)cc3OC)CCCC2)cc1. The lowest BCUT2D eigenvalue weighted by molar-refractivity contribution is 0.339. The Morgan fingerprint density at radius 1 is 1.00 bits per heavy atom. The van der Waals surface area contributed by atoms with E-state index in [0.29, 0.717) is 17.5 Å². The lowest BCUT2D eigenvalue weighted by Gasteiger charge is -2.33. The molecule has 6 heteroatoms. The summed E-state index contributed by atoms with van der Waals surface area (Å²) in [5.74, 6) is 2.32. The van der Waals surface area contributed by atoms with Gasteiger partial charge in [0.2, 0.25) is 0 Å². The molecule has 1 aliphatic carbocycles. The number of ether oxygens (including phenoxy) is 3. The van der Waals surface area contributed by atoms with Gasteiger partial charge in [0.1, 0.15) is 17.2 Å². The molecular weight excluding hydrogens is 372 g/mol. The average molecular weight is 401 g/mol. The maximum absolute atomic E-state index is 5.65. The van der Waals surface area contributed by atoms with Gasteiger partial charge >= 0.3 is 0 Å². The van der Waals surface area contributed by atoms with E-state index < -0.39 is 0 Å². The van der Waals surface area contributed by atoms with Gasteiger partial charge in [0, 0.05) is 6.07 Å². The third-order valence-electron chi connectivity index (χ3n) is 5.18. The normalized spacial score (nSPS) is 15.0. The Labute approximate surface area is 172 Å². The number of rotatable bonds is 7. The zero-order chi connectivity index (χ0) is 20.0. The predicted molar refractivity (Wildman–Crippen MR) is 117 cm³/mol. The quantitative estimate of drug-likeness (QED) is 0.648. The van der Waals surface area contributed by atoms with Crippen molar-refractivity contribution >= 4 is 23.0 Å². The van der Waals surface area contributed by atoms with E-state index in [1.165, 1.54) is 18.4 Å². The Balaban J connectivity index is 1.76. The first kappa shape index (κ1) is 20.3. The Morgan fingerprint density at radius 2 is 1.68 bits per heavy atom. The highest BCUT2D eigenvalue weighted by atomic mass is 32.1. The van der Waals surface area contributed by atoms with Gasteiger partial charge in [-0.1, -0.05) is 25.0 Å². The molecule has 1 saturated carbocycles. The molecule has 0 aromatic heterocycles. The molecule has 0 bridgehead atoms. The molecule has 0 amide bonds. The van der Waals surface area contributed by atoms with Crippen LogP contribution in [0.25, 0.3) is 0 Å². The summed E-state index contributed by atoms with van der Waals surface area (Å²) in [6.45, 7) is 2.66. The lowest BCUT2D eigenvalue weighted by atomic mass is 9.88. The molecule has 3 rings (SSSR count). The summed E-state index contributed by atoms with van der Waals surface area (Å²) in [6.07, 6.45) is 4.44. The van der Waals surface area contributed by atoms with Gasteiger partial charge in [-0.25, -0.2) is 0 Å². The molecule has 0 radical (unpaired) electrons. The molecule has 2 aromatic carbocycles. The number of anilines is 1. The highest BCUT2D eigenvalue weighted by Gasteiger charge is 2.36. The van der Waals surface area contributed by atoms with Gasteiger partial charge in [-0.15, -0.1) is 0 Å². The molecule has 0 aliphatic heterocycles. The van der Waals surface area contributed by atoms with Crippen molar-refractivity contribution in [2.45, 2.75) is 38.1 Å². The molecule has 1 aliphatic rings. The van der Waals surface area contributed by atoms with E-state index in [1.54, 1.807) is 14.2 Å². The predicted octanol–water partition coefficient (Wildman–Crippen LogP) is 4.86. The lowest BCUT2D eigenvalue weighted by Crippen LogP contribution is -2.45. The van der Waals surface area contributed by atoms with Gasteiger partial charge < -0.3 is 24.8 Å². The summed E-state index contributed by atoms with van der Waals surface area (Å²) < 4.78 is 16.3. The minimum absolute atomic E-state index is 0.158. The Hall–Kier alpha value is -2.47. The molecule has 5 nitrogen and oxygen atoms in total. The zero-order valence-corrected chi connectivity index (χ0v) is 17.5. The first-order valence-corrected chi connectivity index (χ1v) is 10.1. The largest absolute Gasteiger partial charge is 0.497 e. The molecular formula is C22H28N2O3S. The second-order valence-corrected chi connectivity index (χ2v) is 7.30. The highest BCUT2D eigenvalue weighted by Crippen LogP contribution is 2.39. The topological polar surface area (TPSA) is 51.8 Å². The number of nitrogens with one attached hydrogen (secondary N) is 2. The standard InChI is InChI=1S/C22H28N2O3S/c1-4-27-17-9-7-16(8-10-17)22(13-5-6-14-22)24-21(28)23-19-12-11-18(25-2)15-20(19)26-3/h7-12,15H,4-6,13-14H2,1-3H3,(H2,23,24,28). The van der Waals surface area contributed by atoms with E-state index in [-0.39, 0.29) is 5.54 Å². The van der Waals surface area contributed by atoms with Crippen molar-refractivity contribution < 1.29 is 14.2 Å². The molecule has 0 atom stereocenters. The number of hydrogen-bond donors (Lipinski definition) is 2. The van der Waals surface area contributed by atoms with Crippen molar-refractivity contribution in [3.8, 4) is 17.2 Å². The first-order chi connectivity index (χ1) is 13.6. The van der Waals surface area contributed by atoms with Crippen LogP contribution in [0.15, 0.2) is 42.5 Å². The molecule has 0 spiro atoms. The van der Waals surface area contributed by atoms with Gasteiger partial charge in [0.05, 0.1) is 32.1 Å². The number of hydrogen-bond acceptors (Lipinski definition) is 4. The van der Waals surface area contributed by atoms with E-state index in [2.05, 4.69) is 22.8 Å². The van der Waals surface area contributed by atoms with Crippen LogP contribution >= 0.6 is 12.2 Å². The molecule has 2 N–H and O–H groups in total. The summed E-state index contributed by atoms with van der Waals surface area (Å²) in [5.41, 5.74) is 1.88. The Morgan fingerprint density at radius 3 is 2.29 bits per heavy atom. The summed E-state index contributed by atoms with van der Waals surface area (Å²) in [4.78, 5) is 0. The summed E-state index contributed by atoms with van der Waals surface area (Å²) in [5, 5.41) is 7.44. The summed E-state index contributed by atoms with van der Waals surface area (Å²) in [6, 6.07) is 14.0. The summed E-state index contributed by atoms with van der Waals surface area (Å²) >= 11 is 5.65. The van der Waals surface area contributed by atoms with Crippen molar-refractivity contribution in [3.05, 3.63) is 48.0 Å². The third kappa shape index (κ3) is 4.50. The van der Waals surface area contributed by atoms with E-state index in [9.17, 15) is 0 Å². The van der Waals surface area contributed by atoms with Crippen LogP contribution in [-0.2, 0) is 5.54 Å². The summed E-state index contributed by atoms with van der Waals surface area (Å²) in [7, 11) is 3.27. The van der Waals surface area contributed by atoms with E-state index in [0.717, 1.165) is 30.0 Å². The molecule has 1 fully saturated rings. The molecule has 0 saturated heterocycles. The van der Waals surface area contributed by atoms with Crippen LogP contribution in [0.1, 0.15) is 38.2 Å². The second kappa shape index (κ2) is 9.15. The van der Waals surface area contributed by atoms with Crippen molar-refractivity contribution in [2.24, 2.45) is 0 Å². The van der Waals surface area contributed by atoms with Crippen molar-refractivity contribution in [1.82, 2.24) is 5.32 Å². The minimum Gasteiger partial charge on any atom is -0.497 e. The van der Waals surface area contributed by atoms with E-state index >= 15 is 0 Å². The van der Waals surface area contributed by atoms with Crippen LogP contribution < -0.4 is 24.8 Å². The highest BCUT2D eigenvalue weighted by molar-refractivity contribution is 7.80. The maximum atomic E-state index is 5.65. The zero-order valence-electron chi connectivity index (χ0n) is 16.7. The monoisotopic (exact) mass is 400 g/mol. The van der Waals surface area contributed by atoms with Crippen molar-refractivity contribution in [3.63, 3.8) is 0 Å². The Kier molecular flexibility index (Phi) is 6.62. The number of thiocarbonyl (C=S) groups is 1. The van der Waals surface area contributed by atoms with Crippen molar-refractivity contribution in [1.29, 1.82) is 0 Å². The fourth-order valence-electron chi connectivity index (χ4n) is 3.77. The van der Waals surface area contributed by atoms with Crippen LogP contribution in [0.5, 0.6) is 17.2 Å². The smallest absolute Gasteiger partial charge is 0.171 e. The average Bonchev–Trinajstić information content (AvgIpc) is 3.18. The first-order valence-electron chi connectivity index (χ1n) is 9.65. The van der Waals surface area contributed by atoms with E-state index in [4.69, 9.17) is 26.4 Å². The van der Waals surface area contributed by atoms with Gasteiger partial charge in [0.25, 0.3) is 0 Å². The molecule has 28 heavy (non-hydrogen) atoms. The van der Waals surface area contributed by atoms with Gasteiger partial charge in [-0.05, 0) is 61.8 Å². The van der Waals surface area contributed by atoms with E-state index in [1.807, 2.05) is 37.3 Å². The molecule has 0 unspecified atom stereocenters. The van der Waals surface area contributed by atoms with Crippen LogP contribution in [0, 0.1) is 0 Å². The molecule has 0 heterocycles. The van der Waals surface area contributed by atoms with Gasteiger partial charge in [0.15, 0.2) is 5.11 Å². The number of methoxy groups -OCH3 is 2. The Bertz CT molecular complexity index is 802. The van der Waals surface area contributed by atoms with Gasteiger partial charge in [-0.3, -0.25) is 0 Å². The van der Waals surface area contributed by atoms with Crippen LogP contribution in [0.4, 0.5) is 5.69 Å².